The highest BCUT2D eigenvalue weighted by Gasteiger charge is 2.07. The highest BCUT2D eigenvalue weighted by molar-refractivity contribution is 6.02. The van der Waals surface area contributed by atoms with Crippen LogP contribution in [-0.2, 0) is 4.79 Å². The second kappa shape index (κ2) is 7.28. The average Bonchev–Trinajstić information content (AvgIpc) is 3.08. The minimum Gasteiger partial charge on any atom is -0.465 e. The van der Waals surface area contributed by atoms with Crippen LogP contribution in [0.2, 0.25) is 0 Å². The number of para-hydroxylation sites is 2. The Morgan fingerprint density at radius 1 is 1.08 bits per heavy atom. The fourth-order valence-corrected chi connectivity index (χ4v) is 2.03. The zero-order valence-electron chi connectivity index (χ0n) is 12.6. The Kier molecular flexibility index (Phi) is 4.72. The normalized spacial score (nSPS) is 10.7. The number of hydrogen-bond acceptors (Lipinski definition) is 3. The molecule has 0 spiro atoms. The van der Waals surface area contributed by atoms with Crippen molar-refractivity contribution in [2.45, 2.75) is 0 Å². The fourth-order valence-electron chi connectivity index (χ4n) is 2.03. The molecule has 0 fully saturated rings. The smallest absolute Gasteiger partial charge is 0.248 e. The van der Waals surface area contributed by atoms with E-state index in [0.717, 1.165) is 0 Å². The highest BCUT2D eigenvalue weighted by atomic mass is 19.1. The summed E-state index contributed by atoms with van der Waals surface area (Å²) in [7, 11) is 0. The molecule has 0 unspecified atom stereocenters. The van der Waals surface area contributed by atoms with E-state index < -0.39 is 5.82 Å². The van der Waals surface area contributed by atoms with Crippen LogP contribution in [0.4, 0.5) is 10.1 Å². The van der Waals surface area contributed by atoms with E-state index >= 15 is 0 Å². The van der Waals surface area contributed by atoms with Crippen LogP contribution < -0.4 is 10.1 Å². The predicted molar refractivity (Wildman–Crippen MR) is 89.3 cm³/mol. The molecule has 1 N–H and O–H groups in total. The van der Waals surface area contributed by atoms with Gasteiger partial charge in [-0.2, -0.15) is 0 Å². The van der Waals surface area contributed by atoms with Gasteiger partial charge < -0.3 is 14.5 Å². The van der Waals surface area contributed by atoms with Crippen molar-refractivity contribution >= 4 is 17.7 Å². The van der Waals surface area contributed by atoms with Crippen molar-refractivity contribution in [3.05, 3.63) is 84.6 Å². The van der Waals surface area contributed by atoms with E-state index in [0.29, 0.717) is 22.9 Å². The van der Waals surface area contributed by atoms with Crippen LogP contribution in [0, 0.1) is 5.82 Å². The number of ether oxygens (including phenoxy) is 1. The highest BCUT2D eigenvalue weighted by Crippen LogP contribution is 2.29. The summed E-state index contributed by atoms with van der Waals surface area (Å²) in [6.45, 7) is 0. The number of carbonyl (C=O) groups excluding carboxylic acids is 1. The molecule has 0 saturated carbocycles. The number of anilines is 1. The van der Waals surface area contributed by atoms with Crippen LogP contribution in [0.5, 0.6) is 11.5 Å². The number of halogens is 1. The zero-order chi connectivity index (χ0) is 16.8. The first kappa shape index (κ1) is 15.6. The first-order valence-electron chi connectivity index (χ1n) is 7.26. The molecule has 0 atom stereocenters. The molecule has 3 rings (SSSR count). The van der Waals surface area contributed by atoms with Gasteiger partial charge in [-0.3, -0.25) is 4.79 Å². The van der Waals surface area contributed by atoms with Crippen molar-refractivity contribution in [2.24, 2.45) is 0 Å². The first-order chi connectivity index (χ1) is 11.7. The van der Waals surface area contributed by atoms with Gasteiger partial charge in [0.05, 0.1) is 12.0 Å². The van der Waals surface area contributed by atoms with Crippen LogP contribution in [0.25, 0.3) is 6.08 Å². The minimum absolute atomic E-state index is 0.332. The summed E-state index contributed by atoms with van der Waals surface area (Å²) in [5.74, 6) is 0.622. The van der Waals surface area contributed by atoms with Gasteiger partial charge in [-0.15, -0.1) is 0 Å². The lowest BCUT2D eigenvalue weighted by Crippen LogP contribution is -2.08. The van der Waals surface area contributed by atoms with Gasteiger partial charge in [0.1, 0.15) is 17.3 Å². The van der Waals surface area contributed by atoms with Gasteiger partial charge in [-0.05, 0) is 42.5 Å². The molecule has 24 heavy (non-hydrogen) atoms. The van der Waals surface area contributed by atoms with Crippen molar-refractivity contribution in [1.29, 1.82) is 0 Å². The van der Waals surface area contributed by atoms with Crippen LogP contribution in [0.3, 0.4) is 0 Å². The van der Waals surface area contributed by atoms with Crippen LogP contribution in [0.1, 0.15) is 5.76 Å². The van der Waals surface area contributed by atoms with Crippen molar-refractivity contribution in [3.8, 4) is 11.5 Å². The molecule has 120 valence electrons. The summed E-state index contributed by atoms with van der Waals surface area (Å²) >= 11 is 0. The molecule has 0 radical (unpaired) electrons. The predicted octanol–water partition coefficient (Wildman–Crippen LogP) is 4.86. The van der Waals surface area contributed by atoms with E-state index in [1.54, 1.807) is 54.6 Å². The molecule has 5 heteroatoms. The van der Waals surface area contributed by atoms with Crippen LogP contribution in [-0.4, -0.2) is 5.91 Å². The Balaban J connectivity index is 1.73. The summed E-state index contributed by atoms with van der Waals surface area (Å²) in [4.78, 5) is 12.0. The topological polar surface area (TPSA) is 51.5 Å². The molecule has 4 nitrogen and oxygen atoms in total. The minimum atomic E-state index is -0.393. The zero-order valence-corrected chi connectivity index (χ0v) is 12.6. The molecule has 0 aliphatic carbocycles. The molecule has 0 aliphatic rings. The Labute approximate surface area is 138 Å². The maximum absolute atomic E-state index is 13.2. The van der Waals surface area contributed by atoms with Gasteiger partial charge in [0.25, 0.3) is 0 Å². The maximum atomic E-state index is 13.2. The third-order valence-electron chi connectivity index (χ3n) is 3.11. The summed E-state index contributed by atoms with van der Waals surface area (Å²) in [6, 6.07) is 16.2. The van der Waals surface area contributed by atoms with Gasteiger partial charge >= 0.3 is 0 Å². The number of benzene rings is 2. The Morgan fingerprint density at radius 3 is 2.75 bits per heavy atom. The van der Waals surface area contributed by atoms with E-state index in [9.17, 15) is 9.18 Å². The van der Waals surface area contributed by atoms with E-state index in [1.807, 2.05) is 0 Å². The molecule has 2 aromatic carbocycles. The Hall–Kier alpha value is -3.34. The van der Waals surface area contributed by atoms with Gasteiger partial charge in [0.15, 0.2) is 5.75 Å². The third-order valence-corrected chi connectivity index (χ3v) is 3.11. The summed E-state index contributed by atoms with van der Waals surface area (Å²) in [5.41, 5.74) is 0.482. The van der Waals surface area contributed by atoms with Crippen molar-refractivity contribution in [2.75, 3.05) is 5.32 Å². The fraction of sp³-hybridized carbons (Fsp3) is 0. The SMILES string of the molecule is O=C(/C=C/c1ccco1)Nc1ccccc1Oc1cccc(F)c1. The number of carbonyl (C=O) groups is 1. The lowest BCUT2D eigenvalue weighted by Gasteiger charge is -2.11. The molecule has 1 aromatic heterocycles. The van der Waals surface area contributed by atoms with Gasteiger partial charge in [-0.25, -0.2) is 4.39 Å². The van der Waals surface area contributed by atoms with Gasteiger partial charge in [0, 0.05) is 12.1 Å². The van der Waals surface area contributed by atoms with Crippen molar-refractivity contribution in [1.82, 2.24) is 0 Å². The second-order valence-electron chi connectivity index (χ2n) is 4.89. The maximum Gasteiger partial charge on any atom is 0.248 e. The molecular formula is C19H14FNO3. The van der Waals surface area contributed by atoms with E-state index in [1.165, 1.54) is 24.5 Å². The number of amides is 1. The Morgan fingerprint density at radius 2 is 1.96 bits per heavy atom. The lowest BCUT2D eigenvalue weighted by atomic mass is 10.2. The first-order valence-corrected chi connectivity index (χ1v) is 7.26. The van der Waals surface area contributed by atoms with Crippen molar-refractivity contribution in [3.63, 3.8) is 0 Å². The summed E-state index contributed by atoms with van der Waals surface area (Å²) in [6.07, 6.45) is 4.45. The number of furan rings is 1. The largest absolute Gasteiger partial charge is 0.465 e. The molecule has 0 bridgehead atoms. The molecular weight excluding hydrogens is 309 g/mol. The number of nitrogens with one attached hydrogen (secondary N) is 1. The van der Waals surface area contributed by atoms with Gasteiger partial charge in [0.2, 0.25) is 5.91 Å². The summed E-state index contributed by atoms with van der Waals surface area (Å²) in [5, 5.41) is 2.72. The average molecular weight is 323 g/mol. The standard InChI is InChI=1S/C19H14FNO3/c20-14-5-3-6-16(13-14)24-18-9-2-1-8-17(18)21-19(22)11-10-15-7-4-12-23-15/h1-13H,(H,21,22)/b11-10+. The van der Waals surface area contributed by atoms with E-state index in [2.05, 4.69) is 5.32 Å². The second-order valence-corrected chi connectivity index (χ2v) is 4.89. The van der Waals surface area contributed by atoms with Crippen LogP contribution in [0.15, 0.2) is 77.4 Å². The van der Waals surface area contributed by atoms with Gasteiger partial charge in [-0.1, -0.05) is 18.2 Å². The molecule has 0 saturated heterocycles. The molecule has 1 amide bonds. The van der Waals surface area contributed by atoms with Crippen molar-refractivity contribution < 1.29 is 18.3 Å². The molecule has 1 heterocycles. The third kappa shape index (κ3) is 4.10. The number of hydrogen-bond donors (Lipinski definition) is 1. The molecule has 0 aliphatic heterocycles. The van der Waals surface area contributed by atoms with Crippen LogP contribution >= 0.6 is 0 Å². The summed E-state index contributed by atoms with van der Waals surface area (Å²) < 4.78 is 24.0. The van der Waals surface area contributed by atoms with E-state index in [4.69, 9.17) is 9.15 Å². The monoisotopic (exact) mass is 323 g/mol. The molecule has 3 aromatic rings. The lowest BCUT2D eigenvalue weighted by molar-refractivity contribution is -0.111. The van der Waals surface area contributed by atoms with E-state index in [-0.39, 0.29) is 5.91 Å². The quantitative estimate of drug-likeness (QED) is 0.682. The Bertz CT molecular complexity index is 857. The number of rotatable bonds is 5.